The Morgan fingerprint density at radius 3 is 2.50 bits per heavy atom. The molecule has 3 heteroatoms. The van der Waals surface area contributed by atoms with Crippen LogP contribution in [0.15, 0.2) is 0 Å². The SMILES string of the molecule is CCC[P+](OCCCP)=C(C)C. The minimum absolute atomic E-state index is 0.224. The van der Waals surface area contributed by atoms with Gasteiger partial charge in [0.2, 0.25) is 0 Å². The normalized spacial score (nSPS) is 11.5. The van der Waals surface area contributed by atoms with Crippen molar-refractivity contribution in [2.45, 2.75) is 33.6 Å². The molecule has 0 radical (unpaired) electrons. The highest BCUT2D eigenvalue weighted by molar-refractivity contribution is 7.53. The second-order valence-electron chi connectivity index (χ2n) is 3.02. The van der Waals surface area contributed by atoms with Crippen LogP contribution in [0, 0.1) is 0 Å². The summed E-state index contributed by atoms with van der Waals surface area (Å²) >= 11 is 0. The van der Waals surface area contributed by atoms with E-state index >= 15 is 0 Å². The lowest BCUT2D eigenvalue weighted by atomic mass is 10.5. The predicted molar refractivity (Wildman–Crippen MR) is 63.6 cm³/mol. The standard InChI is InChI=1S/C9H21OP2/c1-4-8-12(9(2)3)10-6-5-7-11/h4-8,11H2,1-3H3/q+1. The predicted octanol–water partition coefficient (Wildman–Crippen LogP) is 3.29. The molecule has 0 aliphatic carbocycles. The highest BCUT2D eigenvalue weighted by atomic mass is 31.1. The minimum Gasteiger partial charge on any atom is -0.179 e. The molecule has 0 bridgehead atoms. The molecule has 2 atom stereocenters. The van der Waals surface area contributed by atoms with Crippen molar-refractivity contribution in [2.75, 3.05) is 18.9 Å². The van der Waals surface area contributed by atoms with Crippen LogP contribution in [0.4, 0.5) is 0 Å². The fraction of sp³-hybridized carbons (Fsp3) is 0.889. The first-order valence-corrected chi connectivity index (χ1v) is 6.89. The summed E-state index contributed by atoms with van der Waals surface area (Å²) in [5.74, 6) is 0. The molecule has 0 fully saturated rings. The second-order valence-corrected chi connectivity index (χ2v) is 5.96. The quantitative estimate of drug-likeness (QED) is 0.479. The Bertz CT molecular complexity index is 139. The summed E-state index contributed by atoms with van der Waals surface area (Å²) < 4.78 is 5.80. The van der Waals surface area contributed by atoms with Gasteiger partial charge in [0, 0.05) is 0 Å². The average molecular weight is 207 g/mol. The van der Waals surface area contributed by atoms with Crippen molar-refractivity contribution < 1.29 is 4.52 Å². The molecule has 0 aromatic carbocycles. The van der Waals surface area contributed by atoms with Gasteiger partial charge in [-0.05, 0) is 32.9 Å². The summed E-state index contributed by atoms with van der Waals surface area (Å²) in [6, 6.07) is 0. The van der Waals surface area contributed by atoms with E-state index < -0.39 is 0 Å². The van der Waals surface area contributed by atoms with Crippen LogP contribution in [-0.2, 0) is 4.52 Å². The molecule has 0 saturated heterocycles. The van der Waals surface area contributed by atoms with Gasteiger partial charge in [-0.15, -0.1) is 9.24 Å². The first-order valence-electron chi connectivity index (χ1n) is 4.63. The highest BCUT2D eigenvalue weighted by Crippen LogP contribution is 2.27. The topological polar surface area (TPSA) is 9.23 Å². The molecule has 0 aromatic rings. The zero-order valence-corrected chi connectivity index (χ0v) is 10.5. The van der Waals surface area contributed by atoms with E-state index in [1.54, 1.807) is 0 Å². The lowest BCUT2D eigenvalue weighted by Crippen LogP contribution is -1.93. The maximum absolute atomic E-state index is 5.80. The van der Waals surface area contributed by atoms with Gasteiger partial charge in [0.05, 0.1) is 6.61 Å². The van der Waals surface area contributed by atoms with Crippen molar-refractivity contribution in [2.24, 2.45) is 0 Å². The van der Waals surface area contributed by atoms with Crippen molar-refractivity contribution in [3.8, 4) is 0 Å². The summed E-state index contributed by atoms with van der Waals surface area (Å²) in [6.07, 6.45) is 4.78. The third-order valence-electron chi connectivity index (χ3n) is 1.52. The van der Waals surface area contributed by atoms with Crippen LogP contribution >= 0.6 is 17.0 Å². The van der Waals surface area contributed by atoms with E-state index in [1.807, 2.05) is 0 Å². The fourth-order valence-electron chi connectivity index (χ4n) is 0.878. The van der Waals surface area contributed by atoms with Gasteiger partial charge in [-0.2, -0.15) is 4.52 Å². The van der Waals surface area contributed by atoms with Crippen LogP contribution in [0.1, 0.15) is 33.6 Å². The lowest BCUT2D eigenvalue weighted by molar-refractivity contribution is 0.361. The Morgan fingerprint density at radius 1 is 1.42 bits per heavy atom. The Hall–Kier alpha value is 0.560. The molecule has 0 aliphatic rings. The van der Waals surface area contributed by atoms with E-state index in [1.165, 1.54) is 24.3 Å². The molecule has 0 N–H and O–H groups in total. The number of hydrogen-bond donors (Lipinski definition) is 0. The minimum atomic E-state index is -0.224. The van der Waals surface area contributed by atoms with E-state index in [-0.39, 0.29) is 7.77 Å². The summed E-state index contributed by atoms with van der Waals surface area (Å²) in [7, 11) is 2.51. The van der Waals surface area contributed by atoms with Crippen molar-refractivity contribution >= 4 is 22.3 Å². The molecule has 0 heterocycles. The van der Waals surface area contributed by atoms with Crippen LogP contribution in [0.5, 0.6) is 0 Å². The van der Waals surface area contributed by atoms with Crippen molar-refractivity contribution in [3.05, 3.63) is 0 Å². The van der Waals surface area contributed by atoms with Crippen molar-refractivity contribution in [1.82, 2.24) is 0 Å². The van der Waals surface area contributed by atoms with E-state index in [0.29, 0.717) is 0 Å². The highest BCUT2D eigenvalue weighted by Gasteiger charge is 2.11. The average Bonchev–Trinajstić information content (AvgIpc) is 2.03. The number of hydrogen-bond acceptors (Lipinski definition) is 1. The van der Waals surface area contributed by atoms with E-state index in [2.05, 4.69) is 30.0 Å². The van der Waals surface area contributed by atoms with Gasteiger partial charge < -0.3 is 0 Å². The molecule has 1 nitrogen and oxygen atoms in total. The Kier molecular flexibility index (Phi) is 8.55. The maximum atomic E-state index is 5.80. The zero-order chi connectivity index (χ0) is 9.40. The van der Waals surface area contributed by atoms with Crippen molar-refractivity contribution in [3.63, 3.8) is 0 Å². The summed E-state index contributed by atoms with van der Waals surface area (Å²) in [6.45, 7) is 7.52. The zero-order valence-electron chi connectivity index (χ0n) is 8.47. The maximum Gasteiger partial charge on any atom is 0.252 e. The van der Waals surface area contributed by atoms with Crippen LogP contribution in [0.25, 0.3) is 0 Å². The van der Waals surface area contributed by atoms with Gasteiger partial charge >= 0.3 is 0 Å². The molecule has 0 amide bonds. The monoisotopic (exact) mass is 207 g/mol. The fourth-order valence-corrected chi connectivity index (χ4v) is 2.64. The van der Waals surface area contributed by atoms with Gasteiger partial charge in [0.25, 0.3) is 7.77 Å². The van der Waals surface area contributed by atoms with Gasteiger partial charge in [-0.1, -0.05) is 6.92 Å². The van der Waals surface area contributed by atoms with E-state index in [4.69, 9.17) is 4.52 Å². The third kappa shape index (κ3) is 6.12. The molecule has 0 saturated carbocycles. The third-order valence-corrected chi connectivity index (χ3v) is 4.27. The van der Waals surface area contributed by atoms with Gasteiger partial charge in [-0.25, -0.2) is 0 Å². The van der Waals surface area contributed by atoms with Crippen LogP contribution < -0.4 is 0 Å². The van der Waals surface area contributed by atoms with Crippen LogP contribution in [0.2, 0.25) is 0 Å². The molecule has 12 heavy (non-hydrogen) atoms. The summed E-state index contributed by atoms with van der Waals surface area (Å²) in [5.41, 5.74) is 0. The van der Waals surface area contributed by atoms with Crippen molar-refractivity contribution in [1.29, 1.82) is 0 Å². The molecule has 2 unspecified atom stereocenters. The Labute approximate surface area is 79.9 Å². The molecule has 72 valence electrons. The molecule has 0 aromatic heterocycles. The van der Waals surface area contributed by atoms with Gasteiger partial charge in [0.1, 0.15) is 11.5 Å². The molecule has 0 aliphatic heterocycles. The smallest absolute Gasteiger partial charge is 0.179 e. The van der Waals surface area contributed by atoms with Gasteiger partial charge in [0.15, 0.2) is 0 Å². The summed E-state index contributed by atoms with van der Waals surface area (Å²) in [4.78, 5) is 0. The second kappa shape index (κ2) is 8.17. The summed E-state index contributed by atoms with van der Waals surface area (Å²) in [5, 5.41) is 1.47. The molecular formula is C9H21OP2+. The molecular weight excluding hydrogens is 186 g/mol. The van der Waals surface area contributed by atoms with E-state index in [0.717, 1.165) is 12.8 Å². The first kappa shape index (κ1) is 12.6. The van der Waals surface area contributed by atoms with Crippen LogP contribution in [0.3, 0.4) is 0 Å². The number of rotatable bonds is 6. The molecule has 0 rings (SSSR count). The van der Waals surface area contributed by atoms with Crippen LogP contribution in [-0.4, -0.2) is 24.2 Å². The lowest BCUT2D eigenvalue weighted by Gasteiger charge is -1.96. The Balaban J connectivity index is 3.73. The van der Waals surface area contributed by atoms with Gasteiger partial charge in [-0.3, -0.25) is 0 Å². The largest absolute Gasteiger partial charge is 0.252 e. The first-order chi connectivity index (χ1) is 5.72. The molecule has 0 spiro atoms. The van der Waals surface area contributed by atoms with E-state index in [9.17, 15) is 0 Å². The Morgan fingerprint density at radius 2 is 2.08 bits per heavy atom.